The minimum absolute atomic E-state index is 0.172. The van der Waals surface area contributed by atoms with Crippen LogP contribution in [0.2, 0.25) is 0 Å². The summed E-state index contributed by atoms with van der Waals surface area (Å²) in [6.45, 7) is 3.85. The number of hydrogen-bond acceptors (Lipinski definition) is 4. The quantitative estimate of drug-likeness (QED) is 0.495. The number of carbonyl (C=O) groups is 2. The molecule has 2 fully saturated rings. The zero-order valence-corrected chi connectivity index (χ0v) is 18.3. The zero-order valence-electron chi connectivity index (χ0n) is 18.3. The second-order valence-electron chi connectivity index (χ2n) is 8.96. The van der Waals surface area contributed by atoms with Crippen molar-refractivity contribution in [2.24, 2.45) is 5.92 Å². The highest BCUT2D eigenvalue weighted by Crippen LogP contribution is 2.31. The Morgan fingerprint density at radius 3 is 2.61 bits per heavy atom. The van der Waals surface area contributed by atoms with Crippen molar-refractivity contribution in [1.29, 1.82) is 0 Å². The minimum Gasteiger partial charge on any atom is -0.494 e. The van der Waals surface area contributed by atoms with E-state index in [1.807, 2.05) is 40.1 Å². The molecule has 1 spiro atoms. The molecule has 1 aromatic carbocycles. The second-order valence-corrected chi connectivity index (χ2v) is 8.96. The van der Waals surface area contributed by atoms with Gasteiger partial charge in [0.1, 0.15) is 5.75 Å². The Labute approximate surface area is 185 Å². The van der Waals surface area contributed by atoms with E-state index in [1.165, 1.54) is 0 Å². The molecule has 6 heteroatoms. The summed E-state index contributed by atoms with van der Waals surface area (Å²) in [6, 6.07) is 9.69. The molecule has 31 heavy (non-hydrogen) atoms. The number of hydrogen-bond donors (Lipinski definition) is 0. The standard InChI is InChI=1S/C25H34N2O4/c28-23(11-6-17-30-22-9-2-1-3-10-22)27-16-18-31-25(20-27)12-14-26(15-13-25)24(29)19-21-7-4-5-8-21/h1-4,7,9-10,21H,5-6,8,11-20H2. The predicted molar refractivity (Wildman–Crippen MR) is 119 cm³/mol. The highest BCUT2D eigenvalue weighted by Gasteiger charge is 2.41. The summed E-state index contributed by atoms with van der Waals surface area (Å²) in [6.07, 6.45) is 9.98. The Morgan fingerprint density at radius 1 is 1.06 bits per heavy atom. The van der Waals surface area contributed by atoms with Gasteiger partial charge in [-0.15, -0.1) is 0 Å². The number of amides is 2. The molecule has 1 aromatic rings. The molecule has 1 unspecified atom stereocenters. The monoisotopic (exact) mass is 426 g/mol. The number of rotatable bonds is 7. The summed E-state index contributed by atoms with van der Waals surface area (Å²) in [7, 11) is 0. The highest BCUT2D eigenvalue weighted by atomic mass is 16.5. The van der Waals surface area contributed by atoms with Crippen LogP contribution in [0.1, 0.15) is 44.9 Å². The first-order valence-electron chi connectivity index (χ1n) is 11.7. The molecule has 4 rings (SSSR count). The Kier molecular flexibility index (Phi) is 7.28. The van der Waals surface area contributed by atoms with Crippen LogP contribution < -0.4 is 4.74 Å². The maximum absolute atomic E-state index is 12.7. The van der Waals surface area contributed by atoms with Gasteiger partial charge in [-0.25, -0.2) is 0 Å². The SMILES string of the molecule is O=C(CC1C=CCC1)N1CCC2(CC1)CN(C(=O)CCCOc1ccccc1)CCO2. The van der Waals surface area contributed by atoms with Crippen molar-refractivity contribution in [1.82, 2.24) is 9.80 Å². The molecule has 2 saturated heterocycles. The van der Waals surface area contributed by atoms with E-state index in [2.05, 4.69) is 12.2 Å². The summed E-state index contributed by atoms with van der Waals surface area (Å²) in [4.78, 5) is 29.3. The maximum Gasteiger partial charge on any atom is 0.223 e. The molecule has 1 aliphatic carbocycles. The summed E-state index contributed by atoms with van der Waals surface area (Å²) in [5.41, 5.74) is -0.293. The summed E-state index contributed by atoms with van der Waals surface area (Å²) >= 11 is 0. The molecule has 0 bridgehead atoms. The molecular formula is C25H34N2O4. The Hall–Kier alpha value is -2.34. The van der Waals surface area contributed by atoms with Gasteiger partial charge in [0.2, 0.25) is 11.8 Å². The fourth-order valence-corrected chi connectivity index (χ4v) is 4.83. The lowest BCUT2D eigenvalue weighted by Gasteiger charge is -2.47. The van der Waals surface area contributed by atoms with Gasteiger partial charge in [0.15, 0.2) is 0 Å². The minimum atomic E-state index is -0.293. The molecule has 1 atom stereocenters. The Bertz CT molecular complexity index is 771. The predicted octanol–water partition coefficient (Wildman–Crippen LogP) is 3.42. The van der Waals surface area contributed by atoms with Crippen molar-refractivity contribution in [3.05, 3.63) is 42.5 Å². The number of piperidine rings is 1. The number of ether oxygens (including phenoxy) is 2. The fraction of sp³-hybridized carbons (Fsp3) is 0.600. The third-order valence-electron chi connectivity index (χ3n) is 6.72. The average molecular weight is 427 g/mol. The number of para-hydroxylation sites is 1. The molecular weight excluding hydrogens is 392 g/mol. The number of benzene rings is 1. The topological polar surface area (TPSA) is 59.1 Å². The number of morpholine rings is 1. The van der Waals surface area contributed by atoms with Crippen LogP contribution in [0.4, 0.5) is 0 Å². The van der Waals surface area contributed by atoms with E-state index in [1.54, 1.807) is 0 Å². The molecule has 2 aliphatic heterocycles. The highest BCUT2D eigenvalue weighted by molar-refractivity contribution is 5.77. The van der Waals surface area contributed by atoms with Crippen LogP contribution in [-0.2, 0) is 14.3 Å². The maximum atomic E-state index is 12.7. The van der Waals surface area contributed by atoms with Crippen LogP contribution in [0, 0.1) is 5.92 Å². The largest absolute Gasteiger partial charge is 0.494 e. The van der Waals surface area contributed by atoms with Gasteiger partial charge in [0.05, 0.1) is 18.8 Å². The van der Waals surface area contributed by atoms with Crippen LogP contribution in [-0.4, -0.2) is 66.6 Å². The summed E-state index contributed by atoms with van der Waals surface area (Å²) < 4.78 is 11.9. The van der Waals surface area contributed by atoms with E-state index in [9.17, 15) is 9.59 Å². The smallest absolute Gasteiger partial charge is 0.223 e. The molecule has 0 N–H and O–H groups in total. The van der Waals surface area contributed by atoms with Crippen molar-refractivity contribution in [2.75, 3.05) is 39.4 Å². The van der Waals surface area contributed by atoms with Crippen molar-refractivity contribution >= 4 is 11.8 Å². The number of likely N-dealkylation sites (tertiary alicyclic amines) is 1. The van der Waals surface area contributed by atoms with E-state index in [-0.39, 0.29) is 17.4 Å². The molecule has 6 nitrogen and oxygen atoms in total. The van der Waals surface area contributed by atoms with Gasteiger partial charge >= 0.3 is 0 Å². The van der Waals surface area contributed by atoms with E-state index in [0.717, 1.165) is 44.5 Å². The van der Waals surface area contributed by atoms with Crippen molar-refractivity contribution in [3.8, 4) is 5.75 Å². The molecule has 0 saturated carbocycles. The van der Waals surface area contributed by atoms with Crippen LogP contribution in [0.3, 0.4) is 0 Å². The Morgan fingerprint density at radius 2 is 1.87 bits per heavy atom. The Balaban J connectivity index is 1.19. The van der Waals surface area contributed by atoms with Crippen molar-refractivity contribution in [2.45, 2.75) is 50.5 Å². The first-order valence-corrected chi connectivity index (χ1v) is 11.7. The van der Waals surface area contributed by atoms with Crippen LogP contribution in [0.25, 0.3) is 0 Å². The lowest BCUT2D eigenvalue weighted by atomic mass is 9.88. The normalized spacial score (nSPS) is 22.6. The van der Waals surface area contributed by atoms with Gasteiger partial charge in [-0.05, 0) is 50.2 Å². The fourth-order valence-electron chi connectivity index (χ4n) is 4.83. The van der Waals surface area contributed by atoms with Gasteiger partial charge in [0, 0.05) is 39.0 Å². The van der Waals surface area contributed by atoms with E-state index < -0.39 is 0 Å². The average Bonchev–Trinajstić information content (AvgIpc) is 3.31. The van der Waals surface area contributed by atoms with E-state index >= 15 is 0 Å². The van der Waals surface area contributed by atoms with Gasteiger partial charge < -0.3 is 19.3 Å². The van der Waals surface area contributed by atoms with Crippen LogP contribution in [0.15, 0.2) is 42.5 Å². The summed E-state index contributed by atoms with van der Waals surface area (Å²) in [5.74, 6) is 1.68. The van der Waals surface area contributed by atoms with Crippen LogP contribution >= 0.6 is 0 Å². The molecule has 2 amide bonds. The molecule has 3 aliphatic rings. The molecule has 0 aromatic heterocycles. The first-order chi connectivity index (χ1) is 15.1. The van der Waals surface area contributed by atoms with Gasteiger partial charge in [0.25, 0.3) is 0 Å². The third-order valence-corrected chi connectivity index (χ3v) is 6.72. The number of carbonyl (C=O) groups excluding carboxylic acids is 2. The molecule has 2 heterocycles. The first kappa shape index (κ1) is 21.9. The lowest BCUT2D eigenvalue weighted by Crippen LogP contribution is -2.58. The number of nitrogens with zero attached hydrogens (tertiary/aromatic N) is 2. The van der Waals surface area contributed by atoms with Gasteiger partial charge in [-0.1, -0.05) is 30.4 Å². The van der Waals surface area contributed by atoms with Crippen molar-refractivity contribution in [3.63, 3.8) is 0 Å². The molecule has 0 radical (unpaired) electrons. The third kappa shape index (κ3) is 5.88. The lowest BCUT2D eigenvalue weighted by molar-refractivity contribution is -0.163. The van der Waals surface area contributed by atoms with E-state index in [0.29, 0.717) is 51.5 Å². The molecule has 168 valence electrons. The van der Waals surface area contributed by atoms with Gasteiger partial charge in [-0.2, -0.15) is 0 Å². The van der Waals surface area contributed by atoms with E-state index in [4.69, 9.17) is 9.47 Å². The van der Waals surface area contributed by atoms with Gasteiger partial charge in [-0.3, -0.25) is 9.59 Å². The summed E-state index contributed by atoms with van der Waals surface area (Å²) in [5, 5.41) is 0. The van der Waals surface area contributed by atoms with Crippen molar-refractivity contribution < 1.29 is 19.1 Å². The zero-order chi connectivity index (χ0) is 21.5. The van der Waals surface area contributed by atoms with Crippen LogP contribution in [0.5, 0.6) is 5.75 Å². The second kappa shape index (κ2) is 10.3. The number of allylic oxidation sites excluding steroid dienone is 2.